The molecule has 0 amide bonds. The molecule has 1 aliphatic rings. The van der Waals surface area contributed by atoms with E-state index >= 15 is 0 Å². The van der Waals surface area contributed by atoms with Crippen LogP contribution in [0.5, 0.6) is 0 Å². The zero-order chi connectivity index (χ0) is 20.3. The minimum atomic E-state index is -3.71. The zero-order valence-corrected chi connectivity index (χ0v) is 18.1. The number of Topliss-reactive ketones (excluding diaryl/α,β-unsaturated/α-hetero) is 1. The lowest BCUT2D eigenvalue weighted by atomic mass is 9.79. The lowest BCUT2D eigenvalue weighted by Gasteiger charge is -2.30. The van der Waals surface area contributed by atoms with E-state index < -0.39 is 25.3 Å². The Bertz CT molecular complexity index is 547. The molecule has 1 aliphatic carbocycles. The van der Waals surface area contributed by atoms with Crippen LogP contribution in [0.15, 0.2) is 11.4 Å². The third kappa shape index (κ3) is 6.85. The number of esters is 1. The van der Waals surface area contributed by atoms with Crippen molar-refractivity contribution < 1.29 is 27.9 Å². The number of allylic oxidation sites excluding steroid dienone is 2. The molecule has 0 unspecified atom stereocenters. The van der Waals surface area contributed by atoms with Crippen molar-refractivity contribution in [2.45, 2.75) is 72.6 Å². The maximum Gasteiger partial charge on any atom is 0.364 e. The van der Waals surface area contributed by atoms with Gasteiger partial charge in [-0.15, -0.1) is 0 Å². The Balaban J connectivity index is 3.00. The van der Waals surface area contributed by atoms with E-state index in [4.69, 9.17) is 13.8 Å². The van der Waals surface area contributed by atoms with Gasteiger partial charge in [0, 0.05) is 0 Å². The molecule has 0 saturated heterocycles. The molecule has 0 fully saturated rings. The molecule has 0 saturated carbocycles. The lowest BCUT2D eigenvalue weighted by Crippen LogP contribution is -2.36. The van der Waals surface area contributed by atoms with Gasteiger partial charge >= 0.3 is 13.6 Å². The highest BCUT2D eigenvalue weighted by atomic mass is 31.2. The summed E-state index contributed by atoms with van der Waals surface area (Å²) < 4.78 is 28.8. The average molecular weight is 402 g/mol. The number of carbonyl (C=O) groups is 2. The predicted octanol–water partition coefficient (Wildman–Crippen LogP) is 5.27. The molecule has 0 spiro atoms. The van der Waals surface area contributed by atoms with E-state index in [1.54, 1.807) is 26.8 Å². The first-order chi connectivity index (χ1) is 12.9. The van der Waals surface area contributed by atoms with Crippen molar-refractivity contribution >= 4 is 19.3 Å². The number of hydrogen-bond acceptors (Lipinski definition) is 6. The Kier molecular flexibility index (Phi) is 11.1. The topological polar surface area (TPSA) is 78.9 Å². The highest BCUT2D eigenvalue weighted by Crippen LogP contribution is 2.58. The van der Waals surface area contributed by atoms with E-state index in [1.165, 1.54) is 12.8 Å². The van der Waals surface area contributed by atoms with Crippen LogP contribution >= 0.6 is 7.60 Å². The van der Waals surface area contributed by atoms with Gasteiger partial charge in [0.05, 0.1) is 19.8 Å². The van der Waals surface area contributed by atoms with Gasteiger partial charge in [-0.25, -0.2) is 0 Å². The van der Waals surface area contributed by atoms with Crippen LogP contribution in [-0.4, -0.2) is 31.6 Å². The van der Waals surface area contributed by atoms with Gasteiger partial charge in [-0.3, -0.25) is 14.2 Å². The molecule has 2 atom stereocenters. The number of hydrogen-bond donors (Lipinski definition) is 0. The van der Waals surface area contributed by atoms with Crippen molar-refractivity contribution in [3.63, 3.8) is 0 Å². The molecule has 0 aliphatic heterocycles. The van der Waals surface area contributed by atoms with Gasteiger partial charge in [0.15, 0.2) is 5.78 Å². The predicted molar refractivity (Wildman–Crippen MR) is 106 cm³/mol. The van der Waals surface area contributed by atoms with Gasteiger partial charge in [-0.05, 0) is 39.5 Å². The molecule has 0 heterocycles. The number of carbonyl (C=O) groups excluding carboxylic acids is 2. The van der Waals surface area contributed by atoms with Gasteiger partial charge in [0.1, 0.15) is 11.2 Å². The van der Waals surface area contributed by atoms with Crippen molar-refractivity contribution in [3.8, 4) is 0 Å². The Hall–Kier alpha value is -0.970. The van der Waals surface area contributed by atoms with Crippen LogP contribution in [0.4, 0.5) is 0 Å². The molecule has 1 rings (SSSR count). The maximum absolute atomic E-state index is 13.1. The molecule has 6 nitrogen and oxygen atoms in total. The van der Waals surface area contributed by atoms with E-state index in [-0.39, 0.29) is 31.1 Å². The molecule has 0 aromatic rings. The van der Waals surface area contributed by atoms with Crippen LogP contribution in [-0.2, 0) is 27.9 Å². The third-order valence-corrected chi connectivity index (χ3v) is 6.92. The number of unbranched alkanes of at least 4 members (excludes halogenated alkanes) is 4. The summed E-state index contributed by atoms with van der Waals surface area (Å²) in [5.74, 6) is -2.06. The van der Waals surface area contributed by atoms with Crippen molar-refractivity contribution in [1.29, 1.82) is 0 Å². The van der Waals surface area contributed by atoms with Gasteiger partial charge in [-0.1, -0.05) is 45.1 Å². The number of ether oxygens (including phenoxy) is 1. The fourth-order valence-electron chi connectivity index (χ4n) is 3.46. The van der Waals surface area contributed by atoms with Crippen molar-refractivity contribution in [1.82, 2.24) is 0 Å². The fourth-order valence-corrected chi connectivity index (χ4v) is 5.23. The summed E-state index contributed by atoms with van der Waals surface area (Å²) >= 11 is 0. The smallest absolute Gasteiger partial charge is 0.364 e. The largest absolute Gasteiger partial charge is 0.465 e. The second kappa shape index (κ2) is 12.5. The minimum absolute atomic E-state index is 0.00601. The van der Waals surface area contributed by atoms with Crippen LogP contribution in [0.2, 0.25) is 0 Å². The first kappa shape index (κ1) is 24.1. The zero-order valence-electron chi connectivity index (χ0n) is 17.2. The molecule has 0 N–H and O–H groups in total. The van der Waals surface area contributed by atoms with E-state index in [1.807, 2.05) is 0 Å². The highest BCUT2D eigenvalue weighted by molar-refractivity contribution is 7.60. The van der Waals surface area contributed by atoms with Gasteiger partial charge in [0.25, 0.3) is 0 Å². The molecule has 7 heteroatoms. The first-order valence-electron chi connectivity index (χ1n) is 10.3. The fraction of sp³-hybridized carbons (Fsp3) is 0.800. The summed E-state index contributed by atoms with van der Waals surface area (Å²) in [4.78, 5) is 25.6. The van der Waals surface area contributed by atoms with Crippen LogP contribution in [0.25, 0.3) is 0 Å². The van der Waals surface area contributed by atoms with Crippen LogP contribution in [0, 0.1) is 11.8 Å². The Labute approximate surface area is 163 Å². The number of rotatable bonds is 13. The van der Waals surface area contributed by atoms with E-state index in [0.29, 0.717) is 6.42 Å². The summed E-state index contributed by atoms with van der Waals surface area (Å²) in [5, 5.41) is 0.00601. The van der Waals surface area contributed by atoms with Gasteiger partial charge < -0.3 is 13.8 Å². The second-order valence-corrected chi connectivity index (χ2v) is 8.71. The van der Waals surface area contributed by atoms with E-state index in [2.05, 4.69) is 6.92 Å². The molecule has 156 valence electrons. The highest BCUT2D eigenvalue weighted by Gasteiger charge is 2.46. The monoisotopic (exact) mass is 402 g/mol. The number of ketones is 1. The standard InChI is InChI=1S/C20H35O6P/c1-5-9-10-11-12-13-16-14-15-17(27(23,25-7-3)26-8-4)19(21)18(16)20(22)24-6-2/h15-16,18H,5-14H2,1-4H3/t16-,18+/m1/s1. The van der Waals surface area contributed by atoms with E-state index in [9.17, 15) is 14.2 Å². The maximum atomic E-state index is 13.1. The minimum Gasteiger partial charge on any atom is -0.465 e. The molecule has 0 bridgehead atoms. The van der Waals surface area contributed by atoms with Gasteiger partial charge in [-0.2, -0.15) is 0 Å². The van der Waals surface area contributed by atoms with Gasteiger partial charge in [0.2, 0.25) is 0 Å². The summed E-state index contributed by atoms with van der Waals surface area (Å²) in [6, 6.07) is 0. The third-order valence-electron chi connectivity index (χ3n) is 4.73. The van der Waals surface area contributed by atoms with Crippen molar-refractivity contribution in [2.75, 3.05) is 19.8 Å². The normalized spacial score (nSPS) is 20.4. The second-order valence-electron chi connectivity index (χ2n) is 6.72. The van der Waals surface area contributed by atoms with Crippen LogP contribution < -0.4 is 0 Å². The summed E-state index contributed by atoms with van der Waals surface area (Å²) in [5.41, 5.74) is 0. The molecule has 27 heavy (non-hydrogen) atoms. The van der Waals surface area contributed by atoms with E-state index in [0.717, 1.165) is 25.7 Å². The van der Waals surface area contributed by atoms with Crippen LogP contribution in [0.1, 0.15) is 72.6 Å². The molecule has 0 aromatic heterocycles. The lowest BCUT2D eigenvalue weighted by molar-refractivity contribution is -0.153. The average Bonchev–Trinajstić information content (AvgIpc) is 2.62. The summed E-state index contributed by atoms with van der Waals surface area (Å²) in [7, 11) is -3.71. The van der Waals surface area contributed by atoms with Crippen LogP contribution in [0.3, 0.4) is 0 Å². The molecule has 0 aromatic carbocycles. The van der Waals surface area contributed by atoms with Crippen molar-refractivity contribution in [2.24, 2.45) is 11.8 Å². The summed E-state index contributed by atoms with van der Waals surface area (Å²) in [6.45, 7) is 7.80. The molecular formula is C20H35O6P. The Morgan fingerprint density at radius 1 is 1.04 bits per heavy atom. The molecular weight excluding hydrogens is 367 g/mol. The molecule has 0 radical (unpaired) electrons. The Morgan fingerprint density at radius 2 is 1.67 bits per heavy atom. The van der Waals surface area contributed by atoms with Crippen molar-refractivity contribution in [3.05, 3.63) is 11.4 Å². The first-order valence-corrected chi connectivity index (χ1v) is 11.8. The quantitative estimate of drug-likeness (QED) is 0.181. The SMILES string of the molecule is CCCCCCC[C@@H]1CC=C(P(=O)(OCC)OCC)C(=O)[C@H]1C(=O)OCC. The Morgan fingerprint density at radius 3 is 2.22 bits per heavy atom. The summed E-state index contributed by atoms with van der Waals surface area (Å²) in [6.07, 6.45) is 8.50.